The van der Waals surface area contributed by atoms with Crippen molar-refractivity contribution in [2.45, 2.75) is 12.2 Å². The number of hydrogen-bond donors (Lipinski definition) is 1. The average Bonchev–Trinajstić information content (AvgIpc) is 2.09. The van der Waals surface area contributed by atoms with Crippen molar-refractivity contribution in [2.24, 2.45) is 0 Å². The Bertz CT molecular complexity index is 121. The number of nitrogens with one attached hydrogen (secondary N) is 1. The van der Waals surface area contributed by atoms with E-state index in [0.717, 1.165) is 19.7 Å². The van der Waals surface area contributed by atoms with E-state index in [1.54, 1.807) is 13.2 Å². The van der Waals surface area contributed by atoms with Gasteiger partial charge in [-0.3, -0.25) is 0 Å². The maximum atomic E-state index is 5.46. The molecule has 0 bridgehead atoms. The second-order valence-electron chi connectivity index (χ2n) is 2.55. The normalized spacial score (nSPS) is 27.9. The molecule has 0 saturated carbocycles. The van der Waals surface area contributed by atoms with Crippen LogP contribution in [0.1, 0.15) is 0 Å². The first-order valence-electron chi connectivity index (χ1n) is 3.86. The van der Waals surface area contributed by atoms with Crippen molar-refractivity contribution in [1.29, 1.82) is 0 Å². The van der Waals surface area contributed by atoms with E-state index in [2.05, 4.69) is 11.9 Å². The summed E-state index contributed by atoms with van der Waals surface area (Å²) in [6, 6.07) is 0. The van der Waals surface area contributed by atoms with Gasteiger partial charge in [0.15, 0.2) is 0 Å². The molecular weight excluding hydrogens is 142 g/mol. The van der Waals surface area contributed by atoms with Crippen LogP contribution in [0.15, 0.2) is 12.7 Å². The second kappa shape index (κ2) is 4.49. The van der Waals surface area contributed by atoms with Crippen LogP contribution in [-0.2, 0) is 9.47 Å². The Morgan fingerprint density at radius 3 is 3.09 bits per heavy atom. The fraction of sp³-hybridized carbons (Fsp3) is 0.750. The zero-order valence-electron chi connectivity index (χ0n) is 6.88. The number of morpholine rings is 1. The summed E-state index contributed by atoms with van der Waals surface area (Å²) in [5, 5.41) is 3.23. The first-order chi connectivity index (χ1) is 5.38. The molecule has 1 N–H and O–H groups in total. The monoisotopic (exact) mass is 157 g/mol. The smallest absolute Gasteiger partial charge is 0.102 e. The summed E-state index contributed by atoms with van der Waals surface area (Å²) in [5.74, 6) is 0. The van der Waals surface area contributed by atoms with E-state index in [-0.39, 0.29) is 12.2 Å². The van der Waals surface area contributed by atoms with E-state index in [1.807, 2.05) is 0 Å². The van der Waals surface area contributed by atoms with Gasteiger partial charge in [-0.15, -0.1) is 6.58 Å². The molecule has 0 amide bonds. The summed E-state index contributed by atoms with van der Waals surface area (Å²) in [7, 11) is 1.67. The molecule has 2 atom stereocenters. The number of rotatable bonds is 3. The molecule has 3 nitrogen and oxygen atoms in total. The van der Waals surface area contributed by atoms with E-state index < -0.39 is 0 Å². The molecule has 0 radical (unpaired) electrons. The van der Waals surface area contributed by atoms with Gasteiger partial charge < -0.3 is 14.8 Å². The number of hydrogen-bond acceptors (Lipinski definition) is 3. The summed E-state index contributed by atoms with van der Waals surface area (Å²) < 4.78 is 10.6. The predicted octanol–water partition coefficient (Wildman–Crippen LogP) is 0.176. The predicted molar refractivity (Wildman–Crippen MR) is 43.6 cm³/mol. The van der Waals surface area contributed by atoms with Crippen molar-refractivity contribution in [3.63, 3.8) is 0 Å². The first kappa shape index (κ1) is 8.71. The number of methoxy groups -OCH3 is 1. The molecule has 1 rings (SSSR count). The quantitative estimate of drug-likeness (QED) is 0.593. The van der Waals surface area contributed by atoms with Gasteiger partial charge in [0.25, 0.3) is 0 Å². The van der Waals surface area contributed by atoms with Gasteiger partial charge in [-0.2, -0.15) is 0 Å². The van der Waals surface area contributed by atoms with Crippen LogP contribution in [0.5, 0.6) is 0 Å². The lowest BCUT2D eigenvalue weighted by molar-refractivity contribution is -0.0493. The van der Waals surface area contributed by atoms with Gasteiger partial charge in [-0.1, -0.05) is 6.08 Å². The van der Waals surface area contributed by atoms with Crippen LogP contribution in [0, 0.1) is 0 Å². The van der Waals surface area contributed by atoms with Gasteiger partial charge in [0, 0.05) is 20.2 Å². The molecule has 0 aliphatic carbocycles. The molecule has 2 unspecified atom stereocenters. The Labute approximate surface area is 67.4 Å². The van der Waals surface area contributed by atoms with Gasteiger partial charge in [0.2, 0.25) is 0 Å². The van der Waals surface area contributed by atoms with Crippen molar-refractivity contribution >= 4 is 0 Å². The maximum absolute atomic E-state index is 5.46. The molecular formula is C8H15NO2. The molecule has 0 aromatic heterocycles. The molecule has 3 heteroatoms. The van der Waals surface area contributed by atoms with Crippen LogP contribution < -0.4 is 5.32 Å². The van der Waals surface area contributed by atoms with Crippen molar-refractivity contribution in [3.05, 3.63) is 12.7 Å². The summed E-state index contributed by atoms with van der Waals surface area (Å²) in [4.78, 5) is 0. The average molecular weight is 157 g/mol. The lowest BCUT2D eigenvalue weighted by atomic mass is 10.2. The van der Waals surface area contributed by atoms with Crippen LogP contribution in [-0.4, -0.2) is 39.0 Å². The zero-order chi connectivity index (χ0) is 8.10. The maximum Gasteiger partial charge on any atom is 0.102 e. The lowest BCUT2D eigenvalue weighted by Gasteiger charge is -2.28. The molecule has 0 aromatic rings. The Morgan fingerprint density at radius 2 is 2.64 bits per heavy atom. The molecule has 64 valence electrons. The molecule has 1 aliphatic rings. The van der Waals surface area contributed by atoms with Gasteiger partial charge in [0.1, 0.15) is 6.10 Å². The van der Waals surface area contributed by atoms with E-state index >= 15 is 0 Å². The van der Waals surface area contributed by atoms with E-state index in [9.17, 15) is 0 Å². The van der Waals surface area contributed by atoms with Crippen molar-refractivity contribution in [1.82, 2.24) is 5.32 Å². The van der Waals surface area contributed by atoms with Gasteiger partial charge >= 0.3 is 0 Å². The fourth-order valence-corrected chi connectivity index (χ4v) is 1.20. The lowest BCUT2D eigenvalue weighted by Crippen LogP contribution is -2.45. The Hall–Kier alpha value is -0.380. The highest BCUT2D eigenvalue weighted by Crippen LogP contribution is 2.05. The van der Waals surface area contributed by atoms with Crippen LogP contribution in [0.2, 0.25) is 0 Å². The van der Waals surface area contributed by atoms with Gasteiger partial charge in [-0.25, -0.2) is 0 Å². The highest BCUT2D eigenvalue weighted by molar-refractivity contribution is 4.89. The highest BCUT2D eigenvalue weighted by atomic mass is 16.5. The summed E-state index contributed by atoms with van der Waals surface area (Å²) in [6.45, 7) is 6.22. The van der Waals surface area contributed by atoms with Crippen LogP contribution >= 0.6 is 0 Å². The van der Waals surface area contributed by atoms with Gasteiger partial charge in [0.05, 0.1) is 12.7 Å². The minimum absolute atomic E-state index is 0.0165. The van der Waals surface area contributed by atoms with Gasteiger partial charge in [-0.05, 0) is 0 Å². The second-order valence-corrected chi connectivity index (χ2v) is 2.55. The fourth-order valence-electron chi connectivity index (χ4n) is 1.20. The van der Waals surface area contributed by atoms with Crippen LogP contribution in [0.4, 0.5) is 0 Å². The Kier molecular flexibility index (Phi) is 3.56. The summed E-state index contributed by atoms with van der Waals surface area (Å²) in [5.41, 5.74) is 0. The molecule has 0 aromatic carbocycles. The Morgan fingerprint density at radius 1 is 1.82 bits per heavy atom. The topological polar surface area (TPSA) is 30.5 Å². The van der Waals surface area contributed by atoms with Crippen molar-refractivity contribution < 1.29 is 9.47 Å². The molecule has 1 fully saturated rings. The van der Waals surface area contributed by atoms with Crippen molar-refractivity contribution in [3.8, 4) is 0 Å². The first-order valence-corrected chi connectivity index (χ1v) is 3.86. The van der Waals surface area contributed by atoms with Crippen LogP contribution in [0.3, 0.4) is 0 Å². The SMILES string of the molecule is C=CC(OC)C1CNCCO1. The molecule has 1 saturated heterocycles. The standard InChI is InChI=1S/C8H15NO2/c1-3-7(10-2)8-6-9-4-5-11-8/h3,7-9H,1,4-6H2,2H3. The minimum atomic E-state index is 0.0165. The van der Waals surface area contributed by atoms with E-state index in [4.69, 9.17) is 9.47 Å². The third-order valence-corrected chi connectivity index (χ3v) is 1.83. The molecule has 11 heavy (non-hydrogen) atoms. The molecule has 0 spiro atoms. The largest absolute Gasteiger partial charge is 0.375 e. The van der Waals surface area contributed by atoms with E-state index in [1.165, 1.54) is 0 Å². The summed E-state index contributed by atoms with van der Waals surface area (Å²) in [6.07, 6.45) is 1.92. The van der Waals surface area contributed by atoms with E-state index in [0.29, 0.717) is 0 Å². The summed E-state index contributed by atoms with van der Waals surface area (Å²) >= 11 is 0. The number of ether oxygens (including phenoxy) is 2. The molecule has 1 aliphatic heterocycles. The third-order valence-electron chi connectivity index (χ3n) is 1.83. The molecule has 1 heterocycles. The zero-order valence-corrected chi connectivity index (χ0v) is 6.88. The Balaban J connectivity index is 2.35. The van der Waals surface area contributed by atoms with Crippen molar-refractivity contribution in [2.75, 3.05) is 26.8 Å². The minimum Gasteiger partial charge on any atom is -0.375 e. The third kappa shape index (κ3) is 2.29. The van der Waals surface area contributed by atoms with Crippen LogP contribution in [0.25, 0.3) is 0 Å². The highest BCUT2D eigenvalue weighted by Gasteiger charge is 2.20.